The normalized spacial score (nSPS) is 18.8. The monoisotopic (exact) mass is 176 g/mol. The number of ether oxygens (including phenoxy) is 2. The van der Waals surface area contributed by atoms with E-state index in [0.29, 0.717) is 13.0 Å². The lowest BCUT2D eigenvalue weighted by atomic mass is 9.95. The van der Waals surface area contributed by atoms with E-state index < -0.39 is 6.10 Å². The summed E-state index contributed by atoms with van der Waals surface area (Å²) in [5.74, 6) is 0. The molecule has 0 aromatic carbocycles. The molecule has 1 N–H and O–H groups in total. The molecule has 2 atom stereocenters. The van der Waals surface area contributed by atoms with E-state index in [4.69, 9.17) is 9.47 Å². The zero-order valence-electron chi connectivity index (χ0n) is 8.46. The van der Waals surface area contributed by atoms with Gasteiger partial charge in [0.05, 0.1) is 18.3 Å². The summed E-state index contributed by atoms with van der Waals surface area (Å²) in [5.41, 5.74) is -0.224. The highest BCUT2D eigenvalue weighted by Gasteiger charge is 2.24. The Morgan fingerprint density at radius 3 is 2.33 bits per heavy atom. The van der Waals surface area contributed by atoms with Crippen LogP contribution in [0.3, 0.4) is 0 Å². The Morgan fingerprint density at radius 1 is 1.42 bits per heavy atom. The predicted octanol–water partition coefficient (Wildman–Crippen LogP) is 1.20. The summed E-state index contributed by atoms with van der Waals surface area (Å²) in [6, 6.07) is 0. The minimum atomic E-state index is -0.431. The van der Waals surface area contributed by atoms with Crippen LogP contribution in [0.4, 0.5) is 0 Å². The second kappa shape index (κ2) is 5.51. The number of rotatable bonds is 6. The van der Waals surface area contributed by atoms with Gasteiger partial charge in [-0.05, 0) is 13.3 Å². The summed E-state index contributed by atoms with van der Waals surface area (Å²) in [6.07, 6.45) is 1.08. The van der Waals surface area contributed by atoms with Crippen LogP contribution in [-0.2, 0) is 9.47 Å². The number of methoxy groups -OCH3 is 2. The molecule has 0 aliphatic heterocycles. The number of aliphatic hydroxyl groups is 1. The van der Waals surface area contributed by atoms with Crippen LogP contribution in [0.2, 0.25) is 0 Å². The summed E-state index contributed by atoms with van der Waals surface area (Å²) in [6.45, 7) is 4.41. The lowest BCUT2D eigenvalue weighted by Crippen LogP contribution is -2.33. The van der Waals surface area contributed by atoms with Crippen LogP contribution in [-0.4, -0.2) is 37.6 Å². The molecule has 3 heteroatoms. The van der Waals surface area contributed by atoms with Crippen molar-refractivity contribution in [2.24, 2.45) is 0 Å². The van der Waals surface area contributed by atoms with Crippen molar-refractivity contribution in [3.63, 3.8) is 0 Å². The Labute approximate surface area is 74.7 Å². The third-order valence-corrected chi connectivity index (χ3v) is 2.27. The van der Waals surface area contributed by atoms with E-state index >= 15 is 0 Å². The molecule has 0 aliphatic carbocycles. The molecule has 0 aromatic heterocycles. The molecule has 0 aromatic rings. The Hall–Kier alpha value is -0.120. The lowest BCUT2D eigenvalue weighted by Gasteiger charge is -2.28. The van der Waals surface area contributed by atoms with Crippen LogP contribution < -0.4 is 0 Å². The van der Waals surface area contributed by atoms with E-state index in [1.54, 1.807) is 14.2 Å². The van der Waals surface area contributed by atoms with Gasteiger partial charge in [0.2, 0.25) is 0 Å². The maximum absolute atomic E-state index is 9.44. The number of aliphatic hydroxyl groups excluding tert-OH is 1. The third kappa shape index (κ3) is 4.04. The smallest absolute Gasteiger partial charge is 0.0800 e. The zero-order valence-corrected chi connectivity index (χ0v) is 8.46. The molecule has 2 unspecified atom stereocenters. The van der Waals surface area contributed by atoms with Crippen LogP contribution >= 0.6 is 0 Å². The molecule has 3 nitrogen and oxygen atoms in total. The molecule has 0 radical (unpaired) electrons. The minimum Gasteiger partial charge on any atom is -0.391 e. The molecule has 0 bridgehead atoms. The summed E-state index contributed by atoms with van der Waals surface area (Å²) < 4.78 is 10.1. The maximum Gasteiger partial charge on any atom is 0.0800 e. The highest BCUT2D eigenvalue weighted by atomic mass is 16.5. The van der Waals surface area contributed by atoms with Crippen molar-refractivity contribution >= 4 is 0 Å². The van der Waals surface area contributed by atoms with Crippen molar-refractivity contribution in [2.45, 2.75) is 38.4 Å². The maximum atomic E-state index is 9.44. The fourth-order valence-corrected chi connectivity index (χ4v) is 1.12. The summed E-state index contributed by atoms with van der Waals surface area (Å²) in [4.78, 5) is 0. The molecule has 0 saturated heterocycles. The van der Waals surface area contributed by atoms with Crippen molar-refractivity contribution in [1.29, 1.82) is 0 Å². The van der Waals surface area contributed by atoms with Crippen LogP contribution in [0, 0.1) is 0 Å². The Balaban J connectivity index is 3.84. The Kier molecular flexibility index (Phi) is 5.46. The fourth-order valence-electron chi connectivity index (χ4n) is 1.12. The van der Waals surface area contributed by atoms with E-state index in [-0.39, 0.29) is 5.60 Å². The molecular weight excluding hydrogens is 156 g/mol. The first-order valence-corrected chi connectivity index (χ1v) is 4.30. The van der Waals surface area contributed by atoms with Gasteiger partial charge in [0, 0.05) is 20.6 Å². The molecule has 0 fully saturated rings. The molecule has 0 amide bonds. The molecule has 0 saturated carbocycles. The first kappa shape index (κ1) is 11.9. The molecule has 74 valence electrons. The van der Waals surface area contributed by atoms with Gasteiger partial charge in [0.1, 0.15) is 0 Å². The van der Waals surface area contributed by atoms with Crippen molar-refractivity contribution in [3.8, 4) is 0 Å². The van der Waals surface area contributed by atoms with Gasteiger partial charge in [-0.1, -0.05) is 6.92 Å². The van der Waals surface area contributed by atoms with Gasteiger partial charge in [0.25, 0.3) is 0 Å². The van der Waals surface area contributed by atoms with Crippen molar-refractivity contribution in [2.75, 3.05) is 20.8 Å². The van der Waals surface area contributed by atoms with Gasteiger partial charge < -0.3 is 14.6 Å². The highest BCUT2D eigenvalue weighted by molar-refractivity contribution is 4.76. The average Bonchev–Trinajstić information content (AvgIpc) is 2.05. The summed E-state index contributed by atoms with van der Waals surface area (Å²) in [5, 5.41) is 9.44. The lowest BCUT2D eigenvalue weighted by molar-refractivity contribution is -0.0510. The van der Waals surface area contributed by atoms with E-state index in [9.17, 15) is 5.11 Å². The standard InChI is InChI=1S/C9H20O3/c1-5-9(2,12-4)6-8(10)7-11-3/h8,10H,5-7H2,1-4H3. The van der Waals surface area contributed by atoms with Gasteiger partial charge >= 0.3 is 0 Å². The van der Waals surface area contributed by atoms with Crippen LogP contribution in [0.5, 0.6) is 0 Å². The number of hydrogen-bond donors (Lipinski definition) is 1. The van der Waals surface area contributed by atoms with E-state index in [0.717, 1.165) is 6.42 Å². The van der Waals surface area contributed by atoms with Gasteiger partial charge in [-0.2, -0.15) is 0 Å². The molecule has 0 rings (SSSR count). The quantitative estimate of drug-likeness (QED) is 0.661. The Morgan fingerprint density at radius 2 is 2.00 bits per heavy atom. The van der Waals surface area contributed by atoms with Crippen LogP contribution in [0.25, 0.3) is 0 Å². The summed E-state index contributed by atoms with van der Waals surface area (Å²) in [7, 11) is 3.25. The van der Waals surface area contributed by atoms with Crippen molar-refractivity contribution in [1.82, 2.24) is 0 Å². The molecular formula is C9H20O3. The van der Waals surface area contributed by atoms with Crippen molar-refractivity contribution < 1.29 is 14.6 Å². The fraction of sp³-hybridized carbons (Fsp3) is 1.00. The third-order valence-electron chi connectivity index (χ3n) is 2.27. The van der Waals surface area contributed by atoms with Gasteiger partial charge in [0.15, 0.2) is 0 Å². The Bertz CT molecular complexity index is 110. The second-order valence-electron chi connectivity index (χ2n) is 3.32. The van der Waals surface area contributed by atoms with Crippen molar-refractivity contribution in [3.05, 3.63) is 0 Å². The highest BCUT2D eigenvalue weighted by Crippen LogP contribution is 2.20. The molecule has 0 aliphatic rings. The van der Waals surface area contributed by atoms with E-state index in [1.807, 2.05) is 13.8 Å². The molecule has 0 heterocycles. The minimum absolute atomic E-state index is 0.224. The molecule has 12 heavy (non-hydrogen) atoms. The molecule has 0 spiro atoms. The average molecular weight is 176 g/mol. The predicted molar refractivity (Wildman–Crippen MR) is 48.2 cm³/mol. The van der Waals surface area contributed by atoms with Gasteiger partial charge in [-0.3, -0.25) is 0 Å². The topological polar surface area (TPSA) is 38.7 Å². The SMILES string of the molecule is CCC(C)(CC(O)COC)OC. The first-order chi connectivity index (χ1) is 5.58. The van der Waals surface area contributed by atoms with E-state index in [1.165, 1.54) is 0 Å². The van der Waals surface area contributed by atoms with Crippen LogP contribution in [0.1, 0.15) is 26.7 Å². The van der Waals surface area contributed by atoms with Crippen LogP contribution in [0.15, 0.2) is 0 Å². The second-order valence-corrected chi connectivity index (χ2v) is 3.32. The largest absolute Gasteiger partial charge is 0.391 e. The van der Waals surface area contributed by atoms with Gasteiger partial charge in [-0.25, -0.2) is 0 Å². The zero-order chi connectivity index (χ0) is 9.61. The van der Waals surface area contributed by atoms with E-state index in [2.05, 4.69) is 0 Å². The van der Waals surface area contributed by atoms with Gasteiger partial charge in [-0.15, -0.1) is 0 Å². The first-order valence-electron chi connectivity index (χ1n) is 4.30. The number of hydrogen-bond acceptors (Lipinski definition) is 3. The summed E-state index contributed by atoms with van der Waals surface area (Å²) >= 11 is 0.